The SMILES string of the molecule is OCC1COB(OC2COB(OC3COB(O)OC3)OC2)O1. The molecule has 0 aromatic carbocycles. The molecule has 0 radical (unpaired) electrons. The predicted octanol–water partition coefficient (Wildman–Crippen LogP) is -2.79. The fourth-order valence-corrected chi connectivity index (χ4v) is 2.08. The van der Waals surface area contributed by atoms with Crippen LogP contribution >= 0.6 is 0 Å². The Morgan fingerprint density at radius 1 is 0.818 bits per heavy atom. The van der Waals surface area contributed by atoms with Gasteiger partial charge in [0, 0.05) is 0 Å². The van der Waals surface area contributed by atoms with E-state index in [-0.39, 0.29) is 58.0 Å². The third-order valence-electron chi connectivity index (χ3n) is 3.22. The van der Waals surface area contributed by atoms with Gasteiger partial charge in [-0.2, -0.15) is 0 Å². The zero-order valence-electron chi connectivity index (χ0n) is 11.9. The van der Waals surface area contributed by atoms with E-state index >= 15 is 0 Å². The van der Waals surface area contributed by atoms with Crippen LogP contribution in [0.1, 0.15) is 0 Å². The molecule has 3 saturated heterocycles. The number of aliphatic hydroxyl groups is 1. The summed E-state index contributed by atoms with van der Waals surface area (Å²) in [5, 5.41) is 18.0. The van der Waals surface area contributed by atoms with E-state index in [4.69, 9.17) is 47.4 Å². The summed E-state index contributed by atoms with van der Waals surface area (Å²) in [5.41, 5.74) is 0. The maximum Gasteiger partial charge on any atom is 0.640 e. The van der Waals surface area contributed by atoms with Gasteiger partial charge in [0.15, 0.2) is 0 Å². The van der Waals surface area contributed by atoms with Crippen molar-refractivity contribution >= 4 is 22.0 Å². The van der Waals surface area contributed by atoms with Gasteiger partial charge in [0.05, 0.1) is 58.0 Å². The highest BCUT2D eigenvalue weighted by Gasteiger charge is 2.40. The van der Waals surface area contributed by atoms with Crippen LogP contribution in [0.5, 0.6) is 0 Å². The second kappa shape index (κ2) is 8.06. The summed E-state index contributed by atoms with van der Waals surface area (Å²) >= 11 is 0. The first kappa shape index (κ1) is 16.6. The van der Waals surface area contributed by atoms with E-state index in [2.05, 4.69) is 0 Å². The van der Waals surface area contributed by atoms with Gasteiger partial charge in [0.25, 0.3) is 0 Å². The Balaban J connectivity index is 1.32. The van der Waals surface area contributed by atoms with Gasteiger partial charge in [0.1, 0.15) is 0 Å². The Morgan fingerprint density at radius 3 is 1.95 bits per heavy atom. The lowest BCUT2D eigenvalue weighted by molar-refractivity contribution is -0.0733. The van der Waals surface area contributed by atoms with Gasteiger partial charge >= 0.3 is 22.0 Å². The molecule has 0 aromatic heterocycles. The van der Waals surface area contributed by atoms with Crippen LogP contribution in [0.2, 0.25) is 0 Å². The molecule has 13 heteroatoms. The first-order valence-corrected chi connectivity index (χ1v) is 7.06. The van der Waals surface area contributed by atoms with Crippen molar-refractivity contribution in [3.8, 4) is 0 Å². The summed E-state index contributed by atoms with van der Waals surface area (Å²) in [7, 11) is -2.88. The minimum Gasteiger partial charge on any atom is -0.402 e. The van der Waals surface area contributed by atoms with Gasteiger partial charge in [-0.15, -0.1) is 0 Å². The van der Waals surface area contributed by atoms with Crippen LogP contribution in [0.25, 0.3) is 0 Å². The largest absolute Gasteiger partial charge is 0.640 e. The van der Waals surface area contributed by atoms with Crippen LogP contribution in [-0.2, 0) is 37.2 Å². The van der Waals surface area contributed by atoms with E-state index in [1.54, 1.807) is 0 Å². The van der Waals surface area contributed by atoms with Gasteiger partial charge in [-0.1, -0.05) is 0 Å². The fraction of sp³-hybridized carbons (Fsp3) is 1.00. The van der Waals surface area contributed by atoms with Crippen LogP contribution in [0, 0.1) is 0 Å². The molecule has 3 heterocycles. The van der Waals surface area contributed by atoms with Gasteiger partial charge in [0.2, 0.25) is 0 Å². The lowest BCUT2D eigenvalue weighted by Crippen LogP contribution is -2.49. The summed E-state index contributed by atoms with van der Waals surface area (Å²) in [6.45, 7) is 1.04. The lowest BCUT2D eigenvalue weighted by atomic mass is 10.1. The van der Waals surface area contributed by atoms with Crippen molar-refractivity contribution in [1.82, 2.24) is 0 Å². The lowest BCUT2D eigenvalue weighted by Gasteiger charge is -2.31. The quantitative estimate of drug-likeness (QED) is 0.515. The molecule has 3 rings (SSSR count). The minimum atomic E-state index is -1.21. The molecule has 0 amide bonds. The molecule has 0 saturated carbocycles. The average Bonchev–Trinajstić information content (AvgIpc) is 2.99. The monoisotopic (exact) mass is 318 g/mol. The first-order valence-electron chi connectivity index (χ1n) is 7.06. The minimum absolute atomic E-state index is 0.117. The summed E-state index contributed by atoms with van der Waals surface area (Å²) in [4.78, 5) is 0. The van der Waals surface area contributed by atoms with Crippen molar-refractivity contribution < 1.29 is 47.4 Å². The van der Waals surface area contributed by atoms with Crippen molar-refractivity contribution in [3.05, 3.63) is 0 Å². The maximum atomic E-state index is 9.02. The van der Waals surface area contributed by atoms with Crippen LogP contribution in [0.15, 0.2) is 0 Å². The van der Waals surface area contributed by atoms with Crippen molar-refractivity contribution in [2.24, 2.45) is 0 Å². The van der Waals surface area contributed by atoms with E-state index in [0.29, 0.717) is 0 Å². The Hall–Kier alpha value is -0.205. The van der Waals surface area contributed by atoms with Crippen molar-refractivity contribution in [1.29, 1.82) is 0 Å². The highest BCUT2D eigenvalue weighted by Crippen LogP contribution is 2.15. The van der Waals surface area contributed by atoms with Gasteiger partial charge in [-0.05, 0) is 0 Å². The fourth-order valence-electron chi connectivity index (χ4n) is 2.08. The standard InChI is InChI=1S/C9H17B3O10/c13-1-7-2-19-12(20-7)22-9-5-17-11(18-6-9)21-8-3-15-10(14)16-4-8/h7-9,13-14H,1-6H2. The molecule has 10 nitrogen and oxygen atoms in total. The molecule has 22 heavy (non-hydrogen) atoms. The molecule has 1 atom stereocenters. The molecule has 122 valence electrons. The van der Waals surface area contributed by atoms with Crippen LogP contribution in [-0.4, -0.2) is 90.0 Å². The van der Waals surface area contributed by atoms with E-state index in [1.165, 1.54) is 0 Å². The average molecular weight is 318 g/mol. The van der Waals surface area contributed by atoms with Gasteiger partial charge < -0.3 is 47.4 Å². The molecule has 1 unspecified atom stereocenters. The Labute approximate surface area is 128 Å². The second-order valence-electron chi connectivity index (χ2n) is 5.01. The zero-order valence-corrected chi connectivity index (χ0v) is 11.9. The van der Waals surface area contributed by atoms with E-state index in [9.17, 15) is 0 Å². The Bertz CT molecular complexity index is 324. The molecule has 3 fully saturated rings. The van der Waals surface area contributed by atoms with Crippen molar-refractivity contribution in [3.63, 3.8) is 0 Å². The zero-order chi connectivity index (χ0) is 15.4. The summed E-state index contributed by atoms with van der Waals surface area (Å²) in [6.07, 6.45) is -1.10. The van der Waals surface area contributed by atoms with E-state index < -0.39 is 22.0 Å². The highest BCUT2D eigenvalue weighted by molar-refractivity contribution is 6.38. The smallest absolute Gasteiger partial charge is 0.402 e. The van der Waals surface area contributed by atoms with Crippen molar-refractivity contribution in [2.45, 2.75) is 18.3 Å². The van der Waals surface area contributed by atoms with E-state index in [0.717, 1.165) is 0 Å². The molecule has 2 N–H and O–H groups in total. The third kappa shape index (κ3) is 4.65. The maximum absolute atomic E-state index is 9.02. The van der Waals surface area contributed by atoms with E-state index in [1.807, 2.05) is 0 Å². The molecule has 0 spiro atoms. The number of aliphatic hydroxyl groups excluding tert-OH is 1. The molecule has 0 bridgehead atoms. The van der Waals surface area contributed by atoms with Gasteiger partial charge in [-0.25, -0.2) is 0 Å². The number of hydrogen-bond donors (Lipinski definition) is 2. The normalized spacial score (nSPS) is 28.6. The third-order valence-corrected chi connectivity index (χ3v) is 3.22. The number of rotatable bonds is 5. The van der Waals surface area contributed by atoms with Crippen LogP contribution < -0.4 is 0 Å². The predicted molar refractivity (Wildman–Crippen MR) is 70.9 cm³/mol. The molecule has 0 aliphatic carbocycles. The Morgan fingerprint density at radius 2 is 1.36 bits per heavy atom. The summed E-state index contributed by atoms with van der Waals surface area (Å²) in [6, 6.07) is 0. The van der Waals surface area contributed by atoms with Crippen molar-refractivity contribution in [2.75, 3.05) is 39.6 Å². The summed E-state index contributed by atoms with van der Waals surface area (Å²) < 4.78 is 42.0. The second-order valence-corrected chi connectivity index (χ2v) is 5.01. The summed E-state index contributed by atoms with van der Waals surface area (Å²) in [5.74, 6) is 0. The first-order chi connectivity index (χ1) is 10.7. The topological polar surface area (TPSA) is 114 Å². The molecule has 3 aliphatic heterocycles. The van der Waals surface area contributed by atoms with Crippen LogP contribution in [0.3, 0.4) is 0 Å². The molecule has 3 aliphatic rings. The number of hydrogen-bond acceptors (Lipinski definition) is 10. The molecular weight excluding hydrogens is 301 g/mol. The van der Waals surface area contributed by atoms with Crippen LogP contribution in [0.4, 0.5) is 0 Å². The molecule has 0 aromatic rings. The van der Waals surface area contributed by atoms with Gasteiger partial charge in [-0.3, -0.25) is 0 Å². The highest BCUT2D eigenvalue weighted by atomic mass is 16.8. The Kier molecular flexibility index (Phi) is 6.10. The molecular formula is C9H17B3O10.